The van der Waals surface area contributed by atoms with Gasteiger partial charge in [0.25, 0.3) is 5.69 Å². The molecule has 2 aromatic rings. The molecule has 0 unspecified atom stereocenters. The maximum Gasteiger partial charge on any atom is 0.269 e. The number of nitro groups is 1. The van der Waals surface area contributed by atoms with Crippen LogP contribution in [0.1, 0.15) is 12.0 Å². The molecule has 6 heteroatoms. The van der Waals surface area contributed by atoms with Gasteiger partial charge in [-0.05, 0) is 52.8 Å². The summed E-state index contributed by atoms with van der Waals surface area (Å²) >= 11 is 2.18. The number of anilines is 1. The monoisotopic (exact) mass is 396 g/mol. The van der Waals surface area contributed by atoms with Gasteiger partial charge in [-0.15, -0.1) is 0 Å². The quantitative estimate of drug-likeness (QED) is 0.475. The van der Waals surface area contributed by atoms with Crippen LogP contribution in [-0.4, -0.2) is 10.8 Å². The fourth-order valence-corrected chi connectivity index (χ4v) is 2.42. The van der Waals surface area contributed by atoms with Crippen molar-refractivity contribution < 1.29 is 9.72 Å². The van der Waals surface area contributed by atoms with Crippen molar-refractivity contribution in [3.8, 4) is 0 Å². The topological polar surface area (TPSA) is 72.2 Å². The molecule has 0 atom stereocenters. The summed E-state index contributed by atoms with van der Waals surface area (Å²) in [7, 11) is 0. The summed E-state index contributed by atoms with van der Waals surface area (Å²) in [5.41, 5.74) is 1.58. The van der Waals surface area contributed by atoms with Crippen LogP contribution in [-0.2, 0) is 11.2 Å². The molecule has 0 aliphatic heterocycles. The van der Waals surface area contributed by atoms with Gasteiger partial charge < -0.3 is 5.32 Å². The lowest BCUT2D eigenvalue weighted by Crippen LogP contribution is -2.12. The SMILES string of the molecule is O=C(CCc1cccc([N+](=O)[O-])c1)Nc1cccc(I)c1. The zero-order valence-corrected chi connectivity index (χ0v) is 13.2. The van der Waals surface area contributed by atoms with E-state index >= 15 is 0 Å². The Morgan fingerprint density at radius 2 is 1.95 bits per heavy atom. The molecule has 0 heterocycles. The summed E-state index contributed by atoms with van der Waals surface area (Å²) in [5.74, 6) is -0.108. The van der Waals surface area contributed by atoms with E-state index in [-0.39, 0.29) is 18.0 Å². The predicted octanol–water partition coefficient (Wildman–Crippen LogP) is 3.77. The molecule has 1 amide bonds. The van der Waals surface area contributed by atoms with Crippen molar-refractivity contribution in [3.63, 3.8) is 0 Å². The summed E-state index contributed by atoms with van der Waals surface area (Å²) in [6.45, 7) is 0. The molecule has 0 aliphatic carbocycles. The van der Waals surface area contributed by atoms with Crippen molar-refractivity contribution >= 4 is 39.9 Å². The normalized spacial score (nSPS) is 10.1. The van der Waals surface area contributed by atoms with Gasteiger partial charge in [0.15, 0.2) is 0 Å². The van der Waals surface area contributed by atoms with Gasteiger partial charge in [-0.1, -0.05) is 18.2 Å². The number of nitrogens with one attached hydrogen (secondary N) is 1. The molecule has 1 N–H and O–H groups in total. The van der Waals surface area contributed by atoms with E-state index in [0.29, 0.717) is 6.42 Å². The van der Waals surface area contributed by atoms with Crippen LogP contribution in [0.25, 0.3) is 0 Å². The zero-order chi connectivity index (χ0) is 15.2. The third-order valence-electron chi connectivity index (χ3n) is 2.87. The number of amides is 1. The number of halogens is 1. The number of carbonyl (C=O) groups excluding carboxylic acids is 1. The molecule has 5 nitrogen and oxygen atoms in total. The van der Waals surface area contributed by atoms with E-state index in [4.69, 9.17) is 0 Å². The number of non-ortho nitro benzene ring substituents is 1. The molecule has 0 saturated carbocycles. The highest BCUT2D eigenvalue weighted by molar-refractivity contribution is 14.1. The third-order valence-corrected chi connectivity index (χ3v) is 3.54. The second-order valence-corrected chi connectivity index (χ2v) is 5.73. The van der Waals surface area contributed by atoms with Crippen LogP contribution in [0.5, 0.6) is 0 Å². The number of nitro benzene ring substituents is 1. The van der Waals surface area contributed by atoms with Crippen molar-refractivity contribution in [3.05, 3.63) is 67.8 Å². The number of hydrogen-bond donors (Lipinski definition) is 1. The Labute approximate surface area is 135 Å². The molecule has 0 bridgehead atoms. The number of hydrogen-bond acceptors (Lipinski definition) is 3. The summed E-state index contributed by atoms with van der Waals surface area (Å²) in [5, 5.41) is 13.5. The highest BCUT2D eigenvalue weighted by Gasteiger charge is 2.08. The Morgan fingerprint density at radius 1 is 1.19 bits per heavy atom. The lowest BCUT2D eigenvalue weighted by atomic mass is 10.1. The molecular formula is C15H13IN2O3. The maximum absolute atomic E-state index is 11.9. The summed E-state index contributed by atoms with van der Waals surface area (Å²) < 4.78 is 1.05. The molecule has 108 valence electrons. The number of carbonyl (C=O) groups is 1. The van der Waals surface area contributed by atoms with E-state index in [0.717, 1.165) is 14.8 Å². The van der Waals surface area contributed by atoms with Gasteiger partial charge >= 0.3 is 0 Å². The Bertz CT molecular complexity index is 673. The van der Waals surface area contributed by atoms with Gasteiger partial charge in [0.1, 0.15) is 0 Å². The zero-order valence-electron chi connectivity index (χ0n) is 11.1. The largest absolute Gasteiger partial charge is 0.326 e. The number of aryl methyl sites for hydroxylation is 1. The van der Waals surface area contributed by atoms with Gasteiger partial charge in [-0.25, -0.2) is 0 Å². The van der Waals surface area contributed by atoms with Crippen LogP contribution in [0.3, 0.4) is 0 Å². The lowest BCUT2D eigenvalue weighted by molar-refractivity contribution is -0.384. The van der Waals surface area contributed by atoms with Crippen LogP contribution in [0.4, 0.5) is 11.4 Å². The van der Waals surface area contributed by atoms with Crippen LogP contribution < -0.4 is 5.32 Å². The molecule has 2 rings (SSSR count). The first kappa shape index (κ1) is 15.4. The van der Waals surface area contributed by atoms with E-state index < -0.39 is 4.92 Å². The smallest absolute Gasteiger partial charge is 0.269 e. The first-order valence-electron chi connectivity index (χ1n) is 6.33. The predicted molar refractivity (Wildman–Crippen MR) is 89.2 cm³/mol. The maximum atomic E-state index is 11.9. The minimum atomic E-state index is -0.435. The highest BCUT2D eigenvalue weighted by Crippen LogP contribution is 2.16. The van der Waals surface area contributed by atoms with E-state index in [1.165, 1.54) is 12.1 Å². The minimum Gasteiger partial charge on any atom is -0.326 e. The average molecular weight is 396 g/mol. The van der Waals surface area contributed by atoms with E-state index in [2.05, 4.69) is 27.9 Å². The Morgan fingerprint density at radius 3 is 2.67 bits per heavy atom. The van der Waals surface area contributed by atoms with E-state index in [9.17, 15) is 14.9 Å². The molecule has 0 fully saturated rings. The summed E-state index contributed by atoms with van der Waals surface area (Å²) in [6.07, 6.45) is 0.754. The Balaban J connectivity index is 1.92. The van der Waals surface area contributed by atoms with Crippen LogP contribution in [0.15, 0.2) is 48.5 Å². The van der Waals surface area contributed by atoms with Gasteiger partial charge in [-0.3, -0.25) is 14.9 Å². The minimum absolute atomic E-state index is 0.0468. The highest BCUT2D eigenvalue weighted by atomic mass is 127. The number of nitrogens with zero attached hydrogens (tertiary/aromatic N) is 1. The molecule has 2 aromatic carbocycles. The van der Waals surface area contributed by atoms with Crippen molar-refractivity contribution in [2.75, 3.05) is 5.32 Å². The fourth-order valence-electron chi connectivity index (χ4n) is 1.87. The second-order valence-electron chi connectivity index (χ2n) is 4.49. The van der Waals surface area contributed by atoms with Crippen LogP contribution in [0, 0.1) is 13.7 Å². The molecule has 0 radical (unpaired) electrons. The van der Waals surface area contributed by atoms with Crippen molar-refractivity contribution in [1.29, 1.82) is 0 Å². The Hall–Kier alpha value is -1.96. The van der Waals surface area contributed by atoms with E-state index in [1.54, 1.807) is 12.1 Å². The second kappa shape index (κ2) is 7.16. The third kappa shape index (κ3) is 4.82. The standard InChI is InChI=1S/C15H13IN2O3/c16-12-4-2-5-13(10-12)17-15(19)8-7-11-3-1-6-14(9-11)18(20)21/h1-6,9-10H,7-8H2,(H,17,19). The molecule has 0 aromatic heterocycles. The van der Waals surface area contributed by atoms with E-state index in [1.807, 2.05) is 24.3 Å². The summed E-state index contributed by atoms with van der Waals surface area (Å²) in [4.78, 5) is 22.1. The fraction of sp³-hybridized carbons (Fsp3) is 0.133. The number of rotatable bonds is 5. The van der Waals surface area contributed by atoms with Crippen LogP contribution in [0.2, 0.25) is 0 Å². The lowest BCUT2D eigenvalue weighted by Gasteiger charge is -2.05. The van der Waals surface area contributed by atoms with Gasteiger partial charge in [0.05, 0.1) is 4.92 Å². The molecule has 0 spiro atoms. The molecule has 21 heavy (non-hydrogen) atoms. The first-order valence-corrected chi connectivity index (χ1v) is 7.41. The number of benzene rings is 2. The van der Waals surface area contributed by atoms with Crippen LogP contribution >= 0.6 is 22.6 Å². The van der Waals surface area contributed by atoms with Crippen molar-refractivity contribution in [2.24, 2.45) is 0 Å². The van der Waals surface area contributed by atoms with Gasteiger partial charge in [-0.2, -0.15) is 0 Å². The Kier molecular flexibility index (Phi) is 5.26. The summed E-state index contributed by atoms with van der Waals surface area (Å²) in [6, 6.07) is 13.9. The molecule has 0 aliphatic rings. The first-order chi connectivity index (χ1) is 10.0. The molecular weight excluding hydrogens is 383 g/mol. The van der Waals surface area contributed by atoms with Gasteiger partial charge in [0.2, 0.25) is 5.91 Å². The van der Waals surface area contributed by atoms with Crippen molar-refractivity contribution in [1.82, 2.24) is 0 Å². The average Bonchev–Trinajstić information content (AvgIpc) is 2.45. The van der Waals surface area contributed by atoms with Crippen molar-refractivity contribution in [2.45, 2.75) is 12.8 Å². The molecule has 0 saturated heterocycles. The van der Waals surface area contributed by atoms with Gasteiger partial charge in [0, 0.05) is 27.8 Å².